The standard InChI is InChI=1S/C9H10FN3O4S/c10-6-1-2-9(8(3-6)13(14)15)18(16,17)12-7-4-11-5-7/h1-3,7,11-12H,4-5H2. The molecule has 0 aliphatic carbocycles. The Morgan fingerprint density at radius 2 is 2.11 bits per heavy atom. The number of nitro groups is 1. The monoisotopic (exact) mass is 275 g/mol. The molecule has 98 valence electrons. The molecule has 1 aromatic rings. The Balaban J connectivity index is 2.39. The number of benzene rings is 1. The van der Waals surface area contributed by atoms with E-state index in [1.165, 1.54) is 0 Å². The molecule has 18 heavy (non-hydrogen) atoms. The molecule has 0 unspecified atom stereocenters. The largest absolute Gasteiger partial charge is 0.313 e. The van der Waals surface area contributed by atoms with Gasteiger partial charge in [0.05, 0.1) is 11.0 Å². The summed E-state index contributed by atoms with van der Waals surface area (Å²) < 4.78 is 39.0. The van der Waals surface area contributed by atoms with Gasteiger partial charge in [0, 0.05) is 19.1 Å². The average molecular weight is 275 g/mol. The zero-order valence-electron chi connectivity index (χ0n) is 9.09. The van der Waals surface area contributed by atoms with Gasteiger partial charge in [-0.1, -0.05) is 0 Å². The average Bonchev–Trinajstić information content (AvgIpc) is 2.23. The highest BCUT2D eigenvalue weighted by Crippen LogP contribution is 2.24. The van der Waals surface area contributed by atoms with Crippen LogP contribution in [-0.4, -0.2) is 32.5 Å². The topological polar surface area (TPSA) is 101 Å². The minimum atomic E-state index is -4.01. The maximum absolute atomic E-state index is 12.9. The lowest BCUT2D eigenvalue weighted by Crippen LogP contribution is -2.56. The van der Waals surface area contributed by atoms with Crippen molar-refractivity contribution < 1.29 is 17.7 Å². The van der Waals surface area contributed by atoms with Crippen LogP contribution in [0.15, 0.2) is 23.1 Å². The molecule has 0 spiro atoms. The lowest BCUT2D eigenvalue weighted by Gasteiger charge is -2.27. The third kappa shape index (κ3) is 2.47. The van der Waals surface area contributed by atoms with Gasteiger partial charge in [-0.25, -0.2) is 17.5 Å². The Hall–Kier alpha value is -1.58. The second-order valence-electron chi connectivity index (χ2n) is 3.85. The number of nitrogens with zero attached hydrogens (tertiary/aromatic N) is 1. The Morgan fingerprint density at radius 1 is 1.44 bits per heavy atom. The van der Waals surface area contributed by atoms with Gasteiger partial charge >= 0.3 is 0 Å². The first-order valence-corrected chi connectivity index (χ1v) is 6.55. The summed E-state index contributed by atoms with van der Waals surface area (Å²) >= 11 is 0. The first-order chi connectivity index (χ1) is 8.40. The van der Waals surface area contributed by atoms with E-state index in [1.807, 2.05) is 0 Å². The number of hydrogen-bond acceptors (Lipinski definition) is 5. The molecular weight excluding hydrogens is 265 g/mol. The van der Waals surface area contributed by atoms with Gasteiger partial charge in [0.1, 0.15) is 5.82 Å². The summed E-state index contributed by atoms with van der Waals surface area (Å²) in [6, 6.07) is 2.07. The minimum absolute atomic E-state index is 0.292. The second kappa shape index (κ2) is 4.59. The molecule has 1 saturated heterocycles. The van der Waals surface area contributed by atoms with Crippen molar-refractivity contribution in [1.29, 1.82) is 0 Å². The van der Waals surface area contributed by atoms with E-state index in [0.29, 0.717) is 19.2 Å². The third-order valence-electron chi connectivity index (χ3n) is 2.51. The maximum Gasteiger partial charge on any atom is 0.292 e. The van der Waals surface area contributed by atoms with Crippen LogP contribution >= 0.6 is 0 Å². The molecule has 1 aliphatic rings. The van der Waals surface area contributed by atoms with Crippen LogP contribution in [0, 0.1) is 15.9 Å². The Bertz CT molecular complexity index is 585. The summed E-state index contributed by atoms with van der Waals surface area (Å²) in [5, 5.41) is 13.6. The van der Waals surface area contributed by atoms with E-state index in [1.54, 1.807) is 0 Å². The number of sulfonamides is 1. The molecule has 0 amide bonds. The minimum Gasteiger partial charge on any atom is -0.313 e. The molecule has 0 aromatic heterocycles. The van der Waals surface area contributed by atoms with Crippen molar-refractivity contribution in [3.63, 3.8) is 0 Å². The van der Waals surface area contributed by atoms with Crippen molar-refractivity contribution in [2.75, 3.05) is 13.1 Å². The van der Waals surface area contributed by atoms with Crippen LogP contribution in [0.3, 0.4) is 0 Å². The highest BCUT2D eigenvalue weighted by molar-refractivity contribution is 7.89. The van der Waals surface area contributed by atoms with Crippen LogP contribution in [0.25, 0.3) is 0 Å². The smallest absolute Gasteiger partial charge is 0.292 e. The molecule has 0 bridgehead atoms. The zero-order chi connectivity index (χ0) is 13.3. The molecule has 0 atom stereocenters. The van der Waals surface area contributed by atoms with Crippen molar-refractivity contribution in [1.82, 2.24) is 10.0 Å². The first-order valence-electron chi connectivity index (χ1n) is 5.07. The van der Waals surface area contributed by atoms with Gasteiger partial charge in [0.2, 0.25) is 10.0 Å². The van der Waals surface area contributed by atoms with Gasteiger partial charge in [0.15, 0.2) is 4.90 Å². The van der Waals surface area contributed by atoms with E-state index in [2.05, 4.69) is 10.0 Å². The molecule has 1 aliphatic heterocycles. The summed E-state index contributed by atoms with van der Waals surface area (Å²) in [6.07, 6.45) is 0. The Morgan fingerprint density at radius 3 is 2.61 bits per heavy atom. The molecule has 9 heteroatoms. The highest BCUT2D eigenvalue weighted by atomic mass is 32.2. The van der Waals surface area contributed by atoms with Crippen molar-refractivity contribution in [3.05, 3.63) is 34.1 Å². The summed E-state index contributed by atoms with van der Waals surface area (Å²) in [7, 11) is -4.01. The molecule has 0 saturated carbocycles. The van der Waals surface area contributed by atoms with Crippen LogP contribution < -0.4 is 10.0 Å². The molecule has 1 fully saturated rings. The van der Waals surface area contributed by atoms with Gasteiger partial charge in [-0.2, -0.15) is 0 Å². The summed E-state index contributed by atoms with van der Waals surface area (Å²) in [5.74, 6) is -0.856. The van der Waals surface area contributed by atoms with Gasteiger partial charge in [-0.15, -0.1) is 0 Å². The molecule has 2 N–H and O–H groups in total. The Labute approximate surface area is 102 Å². The SMILES string of the molecule is O=[N+]([O-])c1cc(F)ccc1S(=O)(=O)NC1CNC1. The van der Waals surface area contributed by atoms with Gasteiger partial charge in [0.25, 0.3) is 5.69 Å². The lowest BCUT2D eigenvalue weighted by molar-refractivity contribution is -0.388. The Kier molecular flexibility index (Phi) is 3.28. The first kappa shape index (κ1) is 12.9. The van der Waals surface area contributed by atoms with Crippen molar-refractivity contribution >= 4 is 15.7 Å². The quantitative estimate of drug-likeness (QED) is 0.594. The fourth-order valence-electron chi connectivity index (χ4n) is 1.52. The molecular formula is C9H10FN3O4S. The fraction of sp³-hybridized carbons (Fsp3) is 0.333. The molecule has 1 heterocycles. The van der Waals surface area contributed by atoms with E-state index in [4.69, 9.17) is 0 Å². The second-order valence-corrected chi connectivity index (χ2v) is 5.53. The van der Waals surface area contributed by atoms with Crippen LogP contribution in [0.4, 0.5) is 10.1 Å². The van der Waals surface area contributed by atoms with Crippen LogP contribution in [-0.2, 0) is 10.0 Å². The van der Waals surface area contributed by atoms with Gasteiger partial charge < -0.3 is 5.32 Å². The number of rotatable bonds is 4. The van der Waals surface area contributed by atoms with Gasteiger partial charge in [-0.3, -0.25) is 10.1 Å². The molecule has 0 radical (unpaired) electrons. The number of hydrogen-bond donors (Lipinski definition) is 2. The molecule has 7 nitrogen and oxygen atoms in total. The van der Waals surface area contributed by atoms with E-state index < -0.39 is 31.3 Å². The number of nitrogens with one attached hydrogen (secondary N) is 2. The van der Waals surface area contributed by atoms with E-state index in [9.17, 15) is 22.9 Å². The van der Waals surface area contributed by atoms with Crippen molar-refractivity contribution in [3.8, 4) is 0 Å². The maximum atomic E-state index is 12.9. The van der Waals surface area contributed by atoms with Gasteiger partial charge in [-0.05, 0) is 12.1 Å². The van der Waals surface area contributed by atoms with Crippen LogP contribution in [0.5, 0.6) is 0 Å². The van der Waals surface area contributed by atoms with E-state index in [-0.39, 0.29) is 6.04 Å². The summed E-state index contributed by atoms with van der Waals surface area (Å²) in [5.41, 5.74) is -0.769. The predicted molar refractivity (Wildman–Crippen MR) is 60.0 cm³/mol. The van der Waals surface area contributed by atoms with E-state index in [0.717, 1.165) is 12.1 Å². The van der Waals surface area contributed by atoms with E-state index >= 15 is 0 Å². The molecule has 2 rings (SSSR count). The zero-order valence-corrected chi connectivity index (χ0v) is 9.91. The summed E-state index contributed by atoms with van der Waals surface area (Å²) in [4.78, 5) is 9.28. The summed E-state index contributed by atoms with van der Waals surface area (Å²) in [6.45, 7) is 0.933. The van der Waals surface area contributed by atoms with Crippen LogP contribution in [0.2, 0.25) is 0 Å². The number of halogens is 1. The fourth-order valence-corrected chi connectivity index (χ4v) is 2.90. The highest BCUT2D eigenvalue weighted by Gasteiger charge is 2.30. The predicted octanol–water partition coefficient (Wildman–Crippen LogP) is -0.0160. The van der Waals surface area contributed by atoms with Crippen molar-refractivity contribution in [2.24, 2.45) is 0 Å². The lowest BCUT2D eigenvalue weighted by atomic mass is 10.2. The number of nitro benzene ring substituents is 1. The normalized spacial score (nSPS) is 16.3. The van der Waals surface area contributed by atoms with Crippen molar-refractivity contribution in [2.45, 2.75) is 10.9 Å². The van der Waals surface area contributed by atoms with Crippen LogP contribution in [0.1, 0.15) is 0 Å². The molecule has 1 aromatic carbocycles. The third-order valence-corrected chi connectivity index (χ3v) is 4.08.